The Morgan fingerprint density at radius 1 is 1.24 bits per heavy atom. The minimum absolute atomic E-state index is 0.408. The second kappa shape index (κ2) is 4.93. The summed E-state index contributed by atoms with van der Waals surface area (Å²) in [6.07, 6.45) is 1.41. The number of aromatic amines is 1. The highest BCUT2D eigenvalue weighted by molar-refractivity contribution is 7.98. The van der Waals surface area contributed by atoms with Gasteiger partial charge in [0.2, 0.25) is 0 Å². The molecule has 4 rings (SSSR count). The van der Waals surface area contributed by atoms with E-state index in [0.29, 0.717) is 17.0 Å². The van der Waals surface area contributed by atoms with Gasteiger partial charge in [0.25, 0.3) is 0 Å². The zero-order chi connectivity index (χ0) is 14.2. The lowest BCUT2D eigenvalue weighted by Crippen LogP contribution is -1.91. The Balaban J connectivity index is 1.63. The molecule has 0 aliphatic rings. The summed E-state index contributed by atoms with van der Waals surface area (Å²) in [5, 5.41) is 0.761. The van der Waals surface area contributed by atoms with Gasteiger partial charge in [0.1, 0.15) is 22.9 Å². The smallest absolute Gasteiger partial charge is 0.183 e. The third kappa shape index (κ3) is 2.20. The average molecular weight is 315 g/mol. The lowest BCUT2D eigenvalue weighted by Gasteiger charge is -1.99. The lowest BCUT2D eigenvalue weighted by molar-refractivity contribution is 1.07. The van der Waals surface area contributed by atoms with Crippen molar-refractivity contribution >= 4 is 51.5 Å². The number of nitrogens with two attached hydrogens (primary N) is 1. The van der Waals surface area contributed by atoms with Crippen molar-refractivity contribution in [1.82, 2.24) is 28.7 Å². The molecule has 0 saturated heterocycles. The number of anilines is 1. The van der Waals surface area contributed by atoms with Crippen LogP contribution in [0.15, 0.2) is 29.7 Å². The molecule has 0 unspecified atom stereocenters. The molecular weight excluding hydrogens is 306 g/mol. The van der Waals surface area contributed by atoms with Crippen LogP contribution in [0.5, 0.6) is 0 Å². The van der Waals surface area contributed by atoms with Crippen LogP contribution in [0.25, 0.3) is 22.2 Å². The number of nitrogens with one attached hydrogen (secondary N) is 1. The third-order valence-electron chi connectivity index (χ3n) is 3.03. The Hall–Kier alpha value is -2.26. The first-order valence-electron chi connectivity index (χ1n) is 6.10. The van der Waals surface area contributed by atoms with Gasteiger partial charge in [0.05, 0.1) is 11.7 Å². The van der Waals surface area contributed by atoms with E-state index in [0.717, 1.165) is 27.5 Å². The largest absolute Gasteiger partial charge is 0.382 e. The molecule has 104 valence electrons. The number of benzene rings is 1. The number of nitrogen functional groups attached to an aromatic ring is 1. The SMILES string of the molecule is Nc1ncnc2nc(SCc3cccc4nsnc34)[nH]c12. The summed E-state index contributed by atoms with van der Waals surface area (Å²) in [5.74, 6) is 1.15. The predicted octanol–water partition coefficient (Wildman–Crippen LogP) is 2.23. The number of hydrogen-bond donors (Lipinski definition) is 2. The molecule has 0 fully saturated rings. The highest BCUT2D eigenvalue weighted by Gasteiger charge is 2.10. The Bertz CT molecular complexity index is 930. The van der Waals surface area contributed by atoms with Gasteiger partial charge in [-0.3, -0.25) is 0 Å². The summed E-state index contributed by atoms with van der Waals surface area (Å²) in [7, 11) is 0. The van der Waals surface area contributed by atoms with Gasteiger partial charge in [-0.25, -0.2) is 15.0 Å². The number of rotatable bonds is 3. The van der Waals surface area contributed by atoms with Crippen LogP contribution in [0.1, 0.15) is 5.56 Å². The fraction of sp³-hybridized carbons (Fsp3) is 0.0833. The number of thioether (sulfide) groups is 1. The number of nitrogens with zero attached hydrogens (tertiary/aromatic N) is 5. The third-order valence-corrected chi connectivity index (χ3v) is 4.49. The molecule has 0 saturated carbocycles. The zero-order valence-electron chi connectivity index (χ0n) is 10.6. The summed E-state index contributed by atoms with van der Waals surface area (Å²) in [4.78, 5) is 15.6. The van der Waals surface area contributed by atoms with Crippen LogP contribution in [-0.4, -0.2) is 28.7 Å². The van der Waals surface area contributed by atoms with E-state index in [9.17, 15) is 0 Å². The molecule has 0 radical (unpaired) electrons. The molecular formula is C12H9N7S2. The van der Waals surface area contributed by atoms with Gasteiger partial charge in [-0.1, -0.05) is 23.9 Å². The van der Waals surface area contributed by atoms with Crippen LogP contribution < -0.4 is 5.73 Å². The quantitative estimate of drug-likeness (QED) is 0.558. The van der Waals surface area contributed by atoms with Crippen LogP contribution in [0, 0.1) is 0 Å². The molecule has 21 heavy (non-hydrogen) atoms. The van der Waals surface area contributed by atoms with Crippen molar-refractivity contribution in [3.63, 3.8) is 0 Å². The van der Waals surface area contributed by atoms with Crippen LogP contribution in [0.4, 0.5) is 5.82 Å². The maximum absolute atomic E-state index is 5.79. The Labute approximate surface area is 127 Å². The molecule has 9 heteroatoms. The predicted molar refractivity (Wildman–Crippen MR) is 83.1 cm³/mol. The Morgan fingerprint density at radius 2 is 2.19 bits per heavy atom. The molecule has 1 aromatic carbocycles. The fourth-order valence-corrected chi connectivity index (χ4v) is 3.44. The minimum Gasteiger partial charge on any atom is -0.382 e. The Kier molecular flexibility index (Phi) is 2.93. The maximum atomic E-state index is 5.79. The molecule has 4 aromatic rings. The number of imidazole rings is 1. The van der Waals surface area contributed by atoms with Crippen molar-refractivity contribution in [3.05, 3.63) is 30.1 Å². The van der Waals surface area contributed by atoms with E-state index in [1.807, 2.05) is 18.2 Å². The first-order valence-corrected chi connectivity index (χ1v) is 7.82. The molecule has 3 heterocycles. The lowest BCUT2D eigenvalue weighted by atomic mass is 10.2. The molecule has 0 amide bonds. The van der Waals surface area contributed by atoms with Crippen molar-refractivity contribution in [2.45, 2.75) is 10.9 Å². The van der Waals surface area contributed by atoms with E-state index >= 15 is 0 Å². The van der Waals surface area contributed by atoms with Gasteiger partial charge in [0, 0.05) is 5.75 Å². The molecule has 0 bridgehead atoms. The van der Waals surface area contributed by atoms with Crippen molar-refractivity contribution < 1.29 is 0 Å². The molecule has 0 spiro atoms. The second-order valence-electron chi connectivity index (χ2n) is 4.34. The maximum Gasteiger partial charge on any atom is 0.183 e. The number of aromatic nitrogens is 6. The van der Waals surface area contributed by atoms with Crippen LogP contribution in [-0.2, 0) is 5.75 Å². The number of hydrogen-bond acceptors (Lipinski definition) is 8. The zero-order valence-corrected chi connectivity index (χ0v) is 12.3. The summed E-state index contributed by atoms with van der Waals surface area (Å²) in [6, 6.07) is 6.00. The van der Waals surface area contributed by atoms with E-state index in [4.69, 9.17) is 5.73 Å². The summed E-state index contributed by atoms with van der Waals surface area (Å²) in [5.41, 5.74) is 10.1. The van der Waals surface area contributed by atoms with Crippen molar-refractivity contribution in [2.24, 2.45) is 0 Å². The van der Waals surface area contributed by atoms with Crippen LogP contribution >= 0.6 is 23.5 Å². The summed E-state index contributed by atoms with van der Waals surface area (Å²) >= 11 is 2.80. The van der Waals surface area contributed by atoms with Gasteiger partial charge >= 0.3 is 0 Å². The van der Waals surface area contributed by atoms with Crippen molar-refractivity contribution in [1.29, 1.82) is 0 Å². The first-order chi connectivity index (χ1) is 10.3. The monoisotopic (exact) mass is 315 g/mol. The summed E-state index contributed by atoms with van der Waals surface area (Å²) < 4.78 is 8.58. The topological polar surface area (TPSA) is 106 Å². The van der Waals surface area contributed by atoms with Crippen LogP contribution in [0.2, 0.25) is 0 Å². The highest BCUT2D eigenvalue weighted by Crippen LogP contribution is 2.26. The Morgan fingerprint density at radius 3 is 3.10 bits per heavy atom. The molecule has 7 nitrogen and oxygen atoms in total. The molecule has 3 aromatic heterocycles. The van der Waals surface area contributed by atoms with Gasteiger partial charge < -0.3 is 10.7 Å². The van der Waals surface area contributed by atoms with E-state index < -0.39 is 0 Å². The first kappa shape index (κ1) is 12.5. The van der Waals surface area contributed by atoms with Crippen LogP contribution in [0.3, 0.4) is 0 Å². The van der Waals surface area contributed by atoms with E-state index in [-0.39, 0.29) is 0 Å². The standard InChI is InChI=1S/C12H9N7S2/c13-10-9-11(15-5-14-10)17-12(16-9)20-4-6-2-1-3-7-8(6)19-21-18-7/h1-3,5H,4H2,(H3,13,14,15,16,17). The number of H-pyrrole nitrogens is 1. The molecule has 0 atom stereocenters. The fourth-order valence-electron chi connectivity index (χ4n) is 2.02. The van der Waals surface area contributed by atoms with E-state index in [2.05, 4.69) is 28.7 Å². The second-order valence-corrected chi connectivity index (χ2v) is 5.83. The normalized spacial score (nSPS) is 11.4. The summed E-state index contributed by atoms with van der Waals surface area (Å²) in [6.45, 7) is 0. The van der Waals surface area contributed by atoms with Crippen molar-refractivity contribution in [2.75, 3.05) is 5.73 Å². The molecule has 0 aliphatic carbocycles. The van der Waals surface area contributed by atoms with Crippen molar-refractivity contribution in [3.8, 4) is 0 Å². The highest BCUT2D eigenvalue weighted by atomic mass is 32.2. The van der Waals surface area contributed by atoms with Gasteiger partial charge in [-0.2, -0.15) is 8.75 Å². The van der Waals surface area contributed by atoms with Gasteiger partial charge in [-0.15, -0.1) is 0 Å². The van der Waals surface area contributed by atoms with Gasteiger partial charge in [0.15, 0.2) is 16.6 Å². The molecule has 0 aliphatic heterocycles. The average Bonchev–Trinajstić information content (AvgIpc) is 3.12. The minimum atomic E-state index is 0.408. The number of fused-ring (bicyclic) bond motifs is 2. The van der Waals surface area contributed by atoms with Gasteiger partial charge in [-0.05, 0) is 11.6 Å². The van der Waals surface area contributed by atoms with E-state index in [1.165, 1.54) is 18.1 Å². The molecule has 3 N–H and O–H groups in total. The van der Waals surface area contributed by atoms with E-state index in [1.54, 1.807) is 11.8 Å².